The van der Waals surface area contributed by atoms with E-state index in [9.17, 15) is 14.7 Å². The van der Waals surface area contributed by atoms with E-state index in [1.165, 1.54) is 6.42 Å². The van der Waals surface area contributed by atoms with E-state index in [0.717, 1.165) is 42.4 Å². The Hall–Kier alpha value is -2.72. The van der Waals surface area contributed by atoms with Crippen LogP contribution in [-0.4, -0.2) is 28.9 Å². The van der Waals surface area contributed by atoms with E-state index in [2.05, 4.69) is 0 Å². The second-order valence-electron chi connectivity index (χ2n) is 8.96. The Balaban J connectivity index is 1.74. The molecule has 162 valence electrons. The van der Waals surface area contributed by atoms with Crippen LogP contribution >= 0.6 is 0 Å². The zero-order valence-electron chi connectivity index (χ0n) is 18.2. The van der Waals surface area contributed by atoms with Gasteiger partial charge in [0.25, 0.3) is 0 Å². The number of ether oxygens (including phenoxy) is 1. The van der Waals surface area contributed by atoms with Gasteiger partial charge in [0, 0.05) is 5.92 Å². The second kappa shape index (κ2) is 8.80. The summed E-state index contributed by atoms with van der Waals surface area (Å²) in [5.74, 6) is -0.648. The smallest absolute Gasteiger partial charge is 0.194 e. The van der Waals surface area contributed by atoms with E-state index in [1.807, 2.05) is 61.5 Å². The Morgan fingerprint density at radius 3 is 2.39 bits per heavy atom. The first-order valence-electron chi connectivity index (χ1n) is 11.2. The SMILES string of the molecule is CC(C(O)=C1C(=O)C(C2CCCCC2)OC1(C)C=O)c1ccccc1-c1ccccc1. The van der Waals surface area contributed by atoms with Gasteiger partial charge in [-0.3, -0.25) is 9.59 Å². The first-order valence-corrected chi connectivity index (χ1v) is 11.2. The van der Waals surface area contributed by atoms with Gasteiger partial charge in [-0.1, -0.05) is 80.8 Å². The van der Waals surface area contributed by atoms with Gasteiger partial charge < -0.3 is 9.84 Å². The molecule has 2 aromatic carbocycles. The first kappa shape index (κ1) is 21.5. The fourth-order valence-electron chi connectivity index (χ4n) is 5.10. The Bertz CT molecular complexity index is 987. The molecule has 2 fully saturated rings. The zero-order chi connectivity index (χ0) is 22.0. The van der Waals surface area contributed by atoms with Gasteiger partial charge in [-0.05, 0) is 42.4 Å². The molecule has 4 rings (SSSR count). The number of Topliss-reactive ketones (excluding diaryl/α,β-unsaturated/α-hetero) is 1. The molecule has 2 aromatic rings. The number of carbonyl (C=O) groups excluding carboxylic acids is 2. The molecule has 3 atom stereocenters. The van der Waals surface area contributed by atoms with E-state index in [1.54, 1.807) is 6.92 Å². The molecule has 1 saturated heterocycles. The summed E-state index contributed by atoms with van der Waals surface area (Å²) in [7, 11) is 0. The molecule has 1 aliphatic heterocycles. The summed E-state index contributed by atoms with van der Waals surface area (Å²) in [6, 6.07) is 17.8. The third kappa shape index (κ3) is 3.97. The molecule has 4 heteroatoms. The number of aliphatic hydroxyl groups excluding tert-OH is 1. The van der Waals surface area contributed by atoms with Gasteiger partial charge in [0.05, 0.1) is 5.57 Å². The van der Waals surface area contributed by atoms with Crippen LogP contribution in [0.4, 0.5) is 0 Å². The average molecular weight is 419 g/mol. The number of rotatable bonds is 5. The quantitative estimate of drug-likeness (QED) is 0.380. The molecule has 0 spiro atoms. The van der Waals surface area contributed by atoms with Crippen LogP contribution in [0.5, 0.6) is 0 Å². The minimum atomic E-state index is -1.42. The highest BCUT2D eigenvalue weighted by Gasteiger charge is 2.52. The van der Waals surface area contributed by atoms with Crippen molar-refractivity contribution in [3.8, 4) is 11.1 Å². The Morgan fingerprint density at radius 2 is 1.71 bits per heavy atom. The molecular weight excluding hydrogens is 388 g/mol. The van der Waals surface area contributed by atoms with Crippen molar-refractivity contribution in [3.05, 3.63) is 71.5 Å². The summed E-state index contributed by atoms with van der Waals surface area (Å²) in [6.45, 7) is 3.47. The molecule has 1 N–H and O–H groups in total. The highest BCUT2D eigenvalue weighted by molar-refractivity contribution is 6.07. The third-order valence-electron chi connectivity index (χ3n) is 6.85. The molecule has 0 radical (unpaired) electrons. The lowest BCUT2D eigenvalue weighted by Gasteiger charge is -2.27. The number of aliphatic hydroxyl groups is 1. The summed E-state index contributed by atoms with van der Waals surface area (Å²) >= 11 is 0. The number of hydrogen-bond acceptors (Lipinski definition) is 4. The second-order valence-corrected chi connectivity index (χ2v) is 8.96. The van der Waals surface area contributed by atoms with E-state index in [0.29, 0.717) is 6.29 Å². The molecule has 0 aromatic heterocycles. The van der Waals surface area contributed by atoms with Crippen molar-refractivity contribution < 1.29 is 19.4 Å². The standard InChI is InChI=1S/C27H30O4/c1-18(21-15-9-10-16-22(21)19-11-5-3-6-12-19)24(29)23-25(30)26(31-27(23,2)17-28)20-13-7-4-8-14-20/h3,5-6,9-12,15-18,20,26,29H,4,7-8,13-14H2,1-2H3. The summed E-state index contributed by atoms with van der Waals surface area (Å²) in [5.41, 5.74) is 1.63. The monoisotopic (exact) mass is 418 g/mol. The molecule has 1 aliphatic carbocycles. The molecule has 0 amide bonds. The normalized spacial score (nSPS) is 27.2. The number of aldehydes is 1. The molecule has 2 aliphatic rings. The maximum absolute atomic E-state index is 13.4. The van der Waals surface area contributed by atoms with Crippen molar-refractivity contribution in [1.29, 1.82) is 0 Å². The van der Waals surface area contributed by atoms with E-state index in [-0.39, 0.29) is 23.0 Å². The first-order chi connectivity index (χ1) is 15.0. The van der Waals surface area contributed by atoms with E-state index < -0.39 is 17.6 Å². The van der Waals surface area contributed by atoms with Crippen LogP contribution in [0.2, 0.25) is 0 Å². The van der Waals surface area contributed by atoms with Crippen LogP contribution in [0.15, 0.2) is 65.9 Å². The van der Waals surface area contributed by atoms with Crippen molar-refractivity contribution in [3.63, 3.8) is 0 Å². The van der Waals surface area contributed by atoms with Gasteiger partial charge in [0.15, 0.2) is 17.7 Å². The van der Waals surface area contributed by atoms with Crippen LogP contribution in [0.1, 0.15) is 57.4 Å². The molecule has 31 heavy (non-hydrogen) atoms. The molecule has 1 heterocycles. The van der Waals surface area contributed by atoms with Crippen LogP contribution in [0.3, 0.4) is 0 Å². The maximum Gasteiger partial charge on any atom is 0.194 e. The van der Waals surface area contributed by atoms with Gasteiger partial charge in [-0.25, -0.2) is 0 Å². The van der Waals surface area contributed by atoms with Gasteiger partial charge in [0.1, 0.15) is 11.9 Å². The molecule has 4 nitrogen and oxygen atoms in total. The minimum absolute atomic E-state index is 0.0682. The lowest BCUT2D eigenvalue weighted by atomic mass is 9.81. The summed E-state index contributed by atoms with van der Waals surface area (Å²) in [5, 5.41) is 11.3. The Labute approximate surface area is 183 Å². The van der Waals surface area contributed by atoms with Gasteiger partial charge >= 0.3 is 0 Å². The van der Waals surface area contributed by atoms with Gasteiger partial charge in [-0.2, -0.15) is 0 Å². The topological polar surface area (TPSA) is 63.6 Å². The van der Waals surface area contributed by atoms with Gasteiger partial charge in [-0.15, -0.1) is 0 Å². The number of allylic oxidation sites excluding steroid dienone is 1. The lowest BCUT2D eigenvalue weighted by Crippen LogP contribution is -2.32. The van der Waals surface area contributed by atoms with E-state index in [4.69, 9.17) is 4.74 Å². The average Bonchev–Trinajstić information content (AvgIpc) is 3.10. The Kier molecular flexibility index (Phi) is 6.10. The molecule has 0 bridgehead atoms. The predicted molar refractivity (Wildman–Crippen MR) is 121 cm³/mol. The van der Waals surface area contributed by atoms with Crippen LogP contribution in [0, 0.1) is 5.92 Å². The van der Waals surface area contributed by atoms with Crippen molar-refractivity contribution in [2.24, 2.45) is 5.92 Å². The third-order valence-corrected chi connectivity index (χ3v) is 6.85. The summed E-state index contributed by atoms with van der Waals surface area (Å²) in [6.07, 6.45) is 5.17. The maximum atomic E-state index is 13.4. The summed E-state index contributed by atoms with van der Waals surface area (Å²) < 4.78 is 6.05. The number of ketones is 1. The fraction of sp³-hybridized carbons (Fsp3) is 0.407. The minimum Gasteiger partial charge on any atom is -0.511 e. The van der Waals surface area contributed by atoms with Crippen molar-refractivity contribution in [2.45, 2.75) is 63.6 Å². The Morgan fingerprint density at radius 1 is 1.06 bits per heavy atom. The lowest BCUT2D eigenvalue weighted by molar-refractivity contribution is -0.133. The number of benzene rings is 2. The van der Waals surface area contributed by atoms with Crippen molar-refractivity contribution >= 4 is 12.1 Å². The highest BCUT2D eigenvalue weighted by Crippen LogP contribution is 2.43. The summed E-state index contributed by atoms with van der Waals surface area (Å²) in [4.78, 5) is 25.5. The van der Waals surface area contributed by atoms with E-state index >= 15 is 0 Å². The molecular formula is C27H30O4. The van der Waals surface area contributed by atoms with Crippen LogP contribution < -0.4 is 0 Å². The zero-order valence-corrected chi connectivity index (χ0v) is 18.2. The highest BCUT2D eigenvalue weighted by atomic mass is 16.5. The molecule has 3 unspecified atom stereocenters. The van der Waals surface area contributed by atoms with Crippen molar-refractivity contribution in [2.75, 3.05) is 0 Å². The number of hydrogen-bond donors (Lipinski definition) is 1. The van der Waals surface area contributed by atoms with Crippen LogP contribution in [0.25, 0.3) is 11.1 Å². The number of carbonyl (C=O) groups is 2. The van der Waals surface area contributed by atoms with Crippen LogP contribution in [-0.2, 0) is 14.3 Å². The van der Waals surface area contributed by atoms with Gasteiger partial charge in [0.2, 0.25) is 0 Å². The predicted octanol–water partition coefficient (Wildman–Crippen LogP) is 5.78. The fourth-order valence-corrected chi connectivity index (χ4v) is 5.10. The molecule has 1 saturated carbocycles. The van der Waals surface area contributed by atoms with Crippen molar-refractivity contribution in [1.82, 2.24) is 0 Å². The largest absolute Gasteiger partial charge is 0.511 e.